The van der Waals surface area contributed by atoms with Crippen LogP contribution in [0.25, 0.3) is 0 Å². The van der Waals surface area contributed by atoms with Gasteiger partial charge in [-0.05, 0) is 30.5 Å². The molecule has 1 fully saturated rings. The number of rotatable bonds is 6. The molecule has 1 aromatic carbocycles. The summed E-state index contributed by atoms with van der Waals surface area (Å²) in [4.78, 5) is 13.7. The highest BCUT2D eigenvalue weighted by Gasteiger charge is 2.32. The molecule has 0 aromatic heterocycles. The van der Waals surface area contributed by atoms with Crippen molar-refractivity contribution in [1.82, 2.24) is 0 Å². The van der Waals surface area contributed by atoms with Crippen LogP contribution in [0.2, 0.25) is 0 Å². The van der Waals surface area contributed by atoms with Crippen LogP contribution in [-0.2, 0) is 21.2 Å². The van der Waals surface area contributed by atoms with Crippen molar-refractivity contribution in [3.63, 3.8) is 0 Å². The van der Waals surface area contributed by atoms with Gasteiger partial charge in [-0.25, -0.2) is 13.6 Å². The van der Waals surface area contributed by atoms with Gasteiger partial charge in [0.1, 0.15) is 0 Å². The van der Waals surface area contributed by atoms with E-state index in [-0.39, 0.29) is 24.0 Å². The van der Waals surface area contributed by atoms with E-state index < -0.39 is 10.0 Å². The van der Waals surface area contributed by atoms with Crippen LogP contribution in [0.3, 0.4) is 0 Å². The summed E-state index contributed by atoms with van der Waals surface area (Å²) in [6.45, 7) is 2.58. The lowest BCUT2D eigenvalue weighted by atomic mass is 10.1. The quantitative estimate of drug-likeness (QED) is 0.868. The fourth-order valence-electron chi connectivity index (χ4n) is 2.69. The summed E-state index contributed by atoms with van der Waals surface area (Å²) in [5.41, 5.74) is 2.09. The first kappa shape index (κ1) is 16.0. The number of hydrogen-bond acceptors (Lipinski definition) is 3. The van der Waals surface area contributed by atoms with E-state index in [0.29, 0.717) is 6.54 Å². The van der Waals surface area contributed by atoms with Crippen LogP contribution >= 0.6 is 0 Å². The van der Waals surface area contributed by atoms with Crippen LogP contribution in [0.4, 0.5) is 5.69 Å². The molecule has 1 aliphatic heterocycles. The second-order valence-electron chi connectivity index (χ2n) is 5.67. The molecule has 6 heteroatoms. The molecule has 0 radical (unpaired) electrons. The molecule has 116 valence electrons. The van der Waals surface area contributed by atoms with Crippen LogP contribution in [0, 0.1) is 5.92 Å². The number of hydrogen-bond donors (Lipinski definition) is 1. The Morgan fingerprint density at radius 3 is 2.52 bits per heavy atom. The number of sulfonamides is 1. The highest BCUT2D eigenvalue weighted by atomic mass is 32.2. The molecule has 1 amide bonds. The molecule has 2 rings (SSSR count). The van der Waals surface area contributed by atoms with Crippen molar-refractivity contribution >= 4 is 21.6 Å². The van der Waals surface area contributed by atoms with Crippen molar-refractivity contribution in [3.8, 4) is 0 Å². The first-order valence-corrected chi connectivity index (χ1v) is 9.00. The maximum atomic E-state index is 12.0. The number of anilines is 1. The fourth-order valence-corrected chi connectivity index (χ4v) is 3.58. The second kappa shape index (κ2) is 6.58. The first-order valence-electron chi connectivity index (χ1n) is 7.29. The minimum absolute atomic E-state index is 0.0371. The summed E-state index contributed by atoms with van der Waals surface area (Å²) in [7, 11) is -3.53. The Balaban J connectivity index is 2.03. The highest BCUT2D eigenvalue weighted by Crippen LogP contribution is 2.26. The molecule has 1 unspecified atom stereocenters. The molecule has 5 nitrogen and oxygen atoms in total. The molecule has 1 aromatic rings. The molecular weight excluding hydrogens is 288 g/mol. The molecule has 1 heterocycles. The second-order valence-corrected chi connectivity index (χ2v) is 7.33. The topological polar surface area (TPSA) is 80.5 Å². The summed E-state index contributed by atoms with van der Waals surface area (Å²) < 4.78 is 22.3. The van der Waals surface area contributed by atoms with Crippen molar-refractivity contribution in [2.75, 3.05) is 17.2 Å². The van der Waals surface area contributed by atoms with Crippen molar-refractivity contribution in [1.29, 1.82) is 0 Å². The van der Waals surface area contributed by atoms with Crippen molar-refractivity contribution < 1.29 is 13.2 Å². The predicted octanol–water partition coefficient (Wildman–Crippen LogP) is 1.67. The SMILES string of the molecule is CCCCc1ccc(N2CC(CS(N)(=O)=O)CC2=O)cc1. The molecule has 0 bridgehead atoms. The van der Waals surface area contributed by atoms with Crippen LogP contribution < -0.4 is 10.0 Å². The number of nitrogens with zero attached hydrogens (tertiary/aromatic N) is 1. The van der Waals surface area contributed by atoms with Crippen LogP contribution in [0.1, 0.15) is 31.7 Å². The zero-order valence-electron chi connectivity index (χ0n) is 12.3. The van der Waals surface area contributed by atoms with Gasteiger partial charge in [-0.15, -0.1) is 0 Å². The lowest BCUT2D eigenvalue weighted by molar-refractivity contribution is -0.117. The van der Waals surface area contributed by atoms with Crippen LogP contribution in [-0.4, -0.2) is 26.6 Å². The average molecular weight is 310 g/mol. The minimum atomic E-state index is -3.53. The summed E-state index contributed by atoms with van der Waals surface area (Å²) in [5, 5.41) is 5.05. The summed E-state index contributed by atoms with van der Waals surface area (Å²) in [6.07, 6.45) is 3.59. The molecule has 1 atom stereocenters. The highest BCUT2D eigenvalue weighted by molar-refractivity contribution is 7.89. The van der Waals surface area contributed by atoms with Gasteiger partial charge in [0.25, 0.3) is 0 Å². The van der Waals surface area contributed by atoms with Gasteiger partial charge >= 0.3 is 0 Å². The van der Waals surface area contributed by atoms with Gasteiger partial charge in [-0.1, -0.05) is 25.5 Å². The lowest BCUT2D eigenvalue weighted by Gasteiger charge is -2.17. The van der Waals surface area contributed by atoms with E-state index >= 15 is 0 Å². The van der Waals surface area contributed by atoms with E-state index in [1.54, 1.807) is 4.90 Å². The third-order valence-electron chi connectivity index (χ3n) is 3.74. The van der Waals surface area contributed by atoms with Gasteiger partial charge in [0.2, 0.25) is 15.9 Å². The van der Waals surface area contributed by atoms with Gasteiger partial charge in [0.05, 0.1) is 5.75 Å². The average Bonchev–Trinajstić information content (AvgIpc) is 2.75. The normalized spacial score (nSPS) is 19.2. The smallest absolute Gasteiger partial charge is 0.227 e. The number of unbranched alkanes of at least 4 members (excludes halogenated alkanes) is 1. The predicted molar refractivity (Wildman–Crippen MR) is 83.5 cm³/mol. The molecule has 21 heavy (non-hydrogen) atoms. The van der Waals surface area contributed by atoms with E-state index in [9.17, 15) is 13.2 Å². The molecule has 0 saturated carbocycles. The van der Waals surface area contributed by atoms with Crippen molar-refractivity contribution in [2.24, 2.45) is 11.1 Å². The molecule has 0 spiro atoms. The first-order chi connectivity index (χ1) is 9.89. The number of amides is 1. The number of nitrogens with two attached hydrogens (primary N) is 1. The Morgan fingerprint density at radius 1 is 1.29 bits per heavy atom. The van der Waals surface area contributed by atoms with E-state index in [1.165, 1.54) is 5.56 Å². The van der Waals surface area contributed by atoms with E-state index in [1.807, 2.05) is 24.3 Å². The number of carbonyl (C=O) groups is 1. The third kappa shape index (κ3) is 4.54. The molecule has 0 aliphatic carbocycles. The maximum absolute atomic E-state index is 12.0. The van der Waals surface area contributed by atoms with Gasteiger partial charge < -0.3 is 4.90 Å². The lowest BCUT2D eigenvalue weighted by Crippen LogP contribution is -2.27. The standard InChI is InChI=1S/C15H22N2O3S/c1-2-3-4-12-5-7-14(8-6-12)17-10-13(9-15(17)18)11-21(16,19)20/h5-8,13H,2-4,9-11H2,1H3,(H2,16,19,20). The third-order valence-corrected chi connectivity index (χ3v) is 4.68. The Morgan fingerprint density at radius 2 is 1.95 bits per heavy atom. The number of aryl methyl sites for hydroxylation is 1. The number of primary sulfonamides is 1. The Hall–Kier alpha value is -1.40. The molecule has 1 saturated heterocycles. The number of benzene rings is 1. The van der Waals surface area contributed by atoms with Gasteiger partial charge in [-0.2, -0.15) is 0 Å². The molecular formula is C15H22N2O3S. The number of carbonyl (C=O) groups excluding carboxylic acids is 1. The largest absolute Gasteiger partial charge is 0.312 e. The molecule has 1 aliphatic rings. The Bertz CT molecular complexity index is 596. The van der Waals surface area contributed by atoms with Crippen LogP contribution in [0.15, 0.2) is 24.3 Å². The minimum Gasteiger partial charge on any atom is -0.312 e. The fraction of sp³-hybridized carbons (Fsp3) is 0.533. The summed E-state index contributed by atoms with van der Waals surface area (Å²) in [6, 6.07) is 7.93. The Kier molecular flexibility index (Phi) is 5.00. The summed E-state index contributed by atoms with van der Waals surface area (Å²) >= 11 is 0. The summed E-state index contributed by atoms with van der Waals surface area (Å²) in [5.74, 6) is -0.388. The van der Waals surface area contributed by atoms with E-state index in [4.69, 9.17) is 5.14 Å². The van der Waals surface area contributed by atoms with Gasteiger partial charge in [0.15, 0.2) is 0 Å². The monoisotopic (exact) mass is 310 g/mol. The zero-order valence-corrected chi connectivity index (χ0v) is 13.1. The van der Waals surface area contributed by atoms with E-state index in [0.717, 1.165) is 24.9 Å². The van der Waals surface area contributed by atoms with Gasteiger partial charge in [-0.3, -0.25) is 4.79 Å². The maximum Gasteiger partial charge on any atom is 0.227 e. The zero-order chi connectivity index (χ0) is 15.5. The Labute approximate surface area is 126 Å². The van der Waals surface area contributed by atoms with Crippen molar-refractivity contribution in [2.45, 2.75) is 32.6 Å². The van der Waals surface area contributed by atoms with Crippen molar-refractivity contribution in [3.05, 3.63) is 29.8 Å². The van der Waals surface area contributed by atoms with Gasteiger partial charge in [0, 0.05) is 24.6 Å². The molecule has 2 N–H and O–H groups in total. The van der Waals surface area contributed by atoms with Crippen LogP contribution in [0.5, 0.6) is 0 Å². The van der Waals surface area contributed by atoms with E-state index in [2.05, 4.69) is 6.92 Å².